The maximum atomic E-state index is 12.8. The summed E-state index contributed by atoms with van der Waals surface area (Å²) in [5.74, 6) is 0. The number of aryl methyl sites for hydroxylation is 1. The summed E-state index contributed by atoms with van der Waals surface area (Å²) >= 11 is 5.25. The Morgan fingerprint density at radius 2 is 1.96 bits per heavy atom. The first-order valence-corrected chi connectivity index (χ1v) is 9.95. The predicted octanol–water partition coefficient (Wildman–Crippen LogP) is 3.03. The molecular weight excluding hydrogens is 342 g/mol. The van der Waals surface area contributed by atoms with Gasteiger partial charge in [0.25, 0.3) is 0 Å². The molecule has 0 atom stereocenters. The molecule has 7 heteroatoms. The van der Waals surface area contributed by atoms with Crippen molar-refractivity contribution >= 4 is 33.0 Å². The van der Waals surface area contributed by atoms with Gasteiger partial charge in [0, 0.05) is 25.3 Å². The normalized spacial score (nSPS) is 15.8. The fraction of sp³-hybridized carbons (Fsp3) is 0.471. The Morgan fingerprint density at radius 1 is 1.29 bits per heavy atom. The first-order valence-electron chi connectivity index (χ1n) is 8.11. The molecule has 0 aliphatic carbocycles. The number of sulfonamides is 1. The smallest absolute Gasteiger partial charge is 0.243 e. The van der Waals surface area contributed by atoms with Crippen LogP contribution in [0, 0.1) is 6.92 Å². The Labute approximate surface area is 150 Å². The van der Waals surface area contributed by atoms with Gasteiger partial charge in [-0.05, 0) is 56.6 Å². The van der Waals surface area contributed by atoms with Gasteiger partial charge in [-0.25, -0.2) is 8.42 Å². The summed E-state index contributed by atoms with van der Waals surface area (Å²) in [6.45, 7) is 9.41. The third-order valence-electron chi connectivity index (χ3n) is 3.96. The molecule has 2 N–H and O–H groups in total. The van der Waals surface area contributed by atoms with Gasteiger partial charge >= 0.3 is 0 Å². The van der Waals surface area contributed by atoms with Crippen molar-refractivity contribution in [2.24, 2.45) is 0 Å². The van der Waals surface area contributed by atoms with Crippen molar-refractivity contribution in [3.05, 3.63) is 35.9 Å². The summed E-state index contributed by atoms with van der Waals surface area (Å²) < 4.78 is 27.2. The summed E-state index contributed by atoms with van der Waals surface area (Å²) in [4.78, 5) is 0.306. The van der Waals surface area contributed by atoms with Crippen LogP contribution in [-0.2, 0) is 10.0 Å². The van der Waals surface area contributed by atoms with Gasteiger partial charge in [0.2, 0.25) is 10.0 Å². The van der Waals surface area contributed by atoms with Crippen molar-refractivity contribution in [3.63, 3.8) is 0 Å². The standard InChI is InChI=1S/C17H25N3O2S2/c1-13(2)12-18-17(23)19-16-11-15(8-7-14(16)3)24(21,22)20-9-5-4-6-10-20/h7-8,11H,1,4-6,9-10,12H2,2-3H3,(H2,18,19,23). The van der Waals surface area contributed by atoms with Crippen LogP contribution in [0.4, 0.5) is 5.69 Å². The largest absolute Gasteiger partial charge is 0.359 e. The number of hydrogen-bond acceptors (Lipinski definition) is 3. The number of piperidine rings is 1. The molecule has 1 aliphatic rings. The Hall–Kier alpha value is -1.44. The highest BCUT2D eigenvalue weighted by Gasteiger charge is 2.26. The van der Waals surface area contributed by atoms with Crippen LogP contribution in [0.2, 0.25) is 0 Å². The lowest BCUT2D eigenvalue weighted by atomic mass is 10.2. The summed E-state index contributed by atoms with van der Waals surface area (Å²) in [7, 11) is -3.45. The molecule has 0 amide bonds. The molecule has 0 aromatic heterocycles. The lowest BCUT2D eigenvalue weighted by Gasteiger charge is -2.26. The minimum atomic E-state index is -3.45. The molecule has 0 spiro atoms. The van der Waals surface area contributed by atoms with Gasteiger partial charge in [-0.15, -0.1) is 0 Å². The maximum absolute atomic E-state index is 12.8. The van der Waals surface area contributed by atoms with E-state index in [4.69, 9.17) is 12.2 Å². The van der Waals surface area contributed by atoms with Crippen molar-refractivity contribution in [1.82, 2.24) is 9.62 Å². The van der Waals surface area contributed by atoms with E-state index in [1.165, 1.54) is 0 Å². The Bertz CT molecular complexity index is 723. The topological polar surface area (TPSA) is 61.4 Å². The highest BCUT2D eigenvalue weighted by atomic mass is 32.2. The van der Waals surface area contributed by atoms with E-state index < -0.39 is 10.0 Å². The molecule has 0 bridgehead atoms. The number of nitrogens with one attached hydrogen (secondary N) is 2. The SMILES string of the molecule is C=C(C)CNC(=S)Nc1cc(S(=O)(=O)N2CCCCC2)ccc1C. The number of rotatable bonds is 5. The van der Waals surface area contributed by atoms with E-state index in [1.54, 1.807) is 22.5 Å². The molecule has 24 heavy (non-hydrogen) atoms. The number of benzene rings is 1. The fourth-order valence-corrected chi connectivity index (χ4v) is 4.27. The summed E-state index contributed by atoms with van der Waals surface area (Å²) in [5.41, 5.74) is 2.61. The monoisotopic (exact) mass is 367 g/mol. The van der Waals surface area contributed by atoms with E-state index >= 15 is 0 Å². The van der Waals surface area contributed by atoms with Gasteiger partial charge in [-0.1, -0.05) is 24.6 Å². The van der Waals surface area contributed by atoms with Crippen LogP contribution in [0.5, 0.6) is 0 Å². The van der Waals surface area contributed by atoms with Crippen molar-refractivity contribution in [1.29, 1.82) is 0 Å². The van der Waals surface area contributed by atoms with Gasteiger partial charge in [0.05, 0.1) is 4.90 Å². The van der Waals surface area contributed by atoms with Crippen LogP contribution in [-0.4, -0.2) is 37.5 Å². The van der Waals surface area contributed by atoms with Gasteiger partial charge in [0.1, 0.15) is 0 Å². The van der Waals surface area contributed by atoms with Crippen molar-refractivity contribution in [3.8, 4) is 0 Å². The second-order valence-corrected chi connectivity index (χ2v) is 8.55. The number of thiocarbonyl (C=S) groups is 1. The highest BCUT2D eigenvalue weighted by Crippen LogP contribution is 2.25. The molecule has 2 rings (SSSR count). The van der Waals surface area contributed by atoms with Crippen LogP contribution in [0.15, 0.2) is 35.2 Å². The van der Waals surface area contributed by atoms with Crippen molar-refractivity contribution < 1.29 is 8.42 Å². The summed E-state index contributed by atoms with van der Waals surface area (Å²) in [6, 6.07) is 5.13. The quantitative estimate of drug-likeness (QED) is 0.619. The molecule has 1 aromatic carbocycles. The van der Waals surface area contributed by atoms with Gasteiger partial charge in [-0.2, -0.15) is 4.31 Å². The van der Waals surface area contributed by atoms with Crippen LogP contribution in [0.1, 0.15) is 31.7 Å². The number of hydrogen-bond donors (Lipinski definition) is 2. The molecule has 1 heterocycles. The van der Waals surface area contributed by atoms with E-state index in [0.717, 1.165) is 30.4 Å². The van der Waals surface area contributed by atoms with Gasteiger partial charge in [0.15, 0.2) is 5.11 Å². The third-order valence-corrected chi connectivity index (χ3v) is 6.10. The highest BCUT2D eigenvalue weighted by molar-refractivity contribution is 7.89. The van der Waals surface area contributed by atoms with E-state index in [9.17, 15) is 8.42 Å². The van der Waals surface area contributed by atoms with E-state index in [0.29, 0.717) is 35.3 Å². The second kappa shape index (κ2) is 8.09. The van der Waals surface area contributed by atoms with Gasteiger partial charge in [-0.3, -0.25) is 0 Å². The van der Waals surface area contributed by atoms with Crippen molar-refractivity contribution in [2.75, 3.05) is 25.0 Å². The van der Waals surface area contributed by atoms with Crippen LogP contribution < -0.4 is 10.6 Å². The lowest BCUT2D eigenvalue weighted by Crippen LogP contribution is -2.35. The molecule has 0 saturated carbocycles. The molecule has 1 fully saturated rings. The zero-order chi connectivity index (χ0) is 17.7. The molecule has 1 aromatic rings. The van der Waals surface area contributed by atoms with E-state index in [-0.39, 0.29) is 0 Å². The minimum absolute atomic E-state index is 0.306. The number of nitrogens with zero attached hydrogens (tertiary/aromatic N) is 1. The first kappa shape index (κ1) is 18.9. The maximum Gasteiger partial charge on any atom is 0.243 e. The van der Waals surface area contributed by atoms with E-state index in [2.05, 4.69) is 17.2 Å². The van der Waals surface area contributed by atoms with Crippen LogP contribution in [0.3, 0.4) is 0 Å². The lowest BCUT2D eigenvalue weighted by molar-refractivity contribution is 0.346. The summed E-state index contributed by atoms with van der Waals surface area (Å²) in [6.07, 6.45) is 2.94. The van der Waals surface area contributed by atoms with Gasteiger partial charge < -0.3 is 10.6 Å². The summed E-state index contributed by atoms with van der Waals surface area (Å²) in [5, 5.41) is 6.57. The number of anilines is 1. The predicted molar refractivity (Wildman–Crippen MR) is 103 cm³/mol. The average molecular weight is 368 g/mol. The zero-order valence-electron chi connectivity index (χ0n) is 14.3. The van der Waals surface area contributed by atoms with Crippen LogP contribution >= 0.6 is 12.2 Å². The molecule has 1 saturated heterocycles. The van der Waals surface area contributed by atoms with E-state index in [1.807, 2.05) is 13.8 Å². The average Bonchev–Trinajstić information content (AvgIpc) is 2.55. The second-order valence-electron chi connectivity index (χ2n) is 6.21. The van der Waals surface area contributed by atoms with Crippen LogP contribution in [0.25, 0.3) is 0 Å². The minimum Gasteiger partial charge on any atom is -0.359 e. The first-order chi connectivity index (χ1) is 11.3. The molecule has 5 nitrogen and oxygen atoms in total. The van der Waals surface area contributed by atoms with Crippen molar-refractivity contribution in [2.45, 2.75) is 38.0 Å². The molecule has 0 unspecified atom stereocenters. The third kappa shape index (κ3) is 4.78. The molecule has 0 radical (unpaired) electrons. The Kier molecular flexibility index (Phi) is 6.37. The zero-order valence-corrected chi connectivity index (χ0v) is 15.9. The molecule has 1 aliphatic heterocycles. The Balaban J connectivity index is 2.18. The Morgan fingerprint density at radius 3 is 2.58 bits per heavy atom. The molecular formula is C17H25N3O2S2. The molecule has 132 valence electrons. The fourth-order valence-electron chi connectivity index (χ4n) is 2.55.